The minimum atomic E-state index is 0.805. The molecule has 0 aliphatic carbocycles. The molecule has 0 amide bonds. The Morgan fingerprint density at radius 1 is 1.31 bits per heavy atom. The fraction of sp³-hybridized carbons (Fsp3) is 0.250. The summed E-state index contributed by atoms with van der Waals surface area (Å²) in [6.45, 7) is 0.805. The minimum Gasteiger partial charge on any atom is -0.347 e. The highest BCUT2D eigenvalue weighted by atomic mass is 32.2. The number of nitrogens with one attached hydrogen (secondary N) is 2. The van der Waals surface area contributed by atoms with Gasteiger partial charge in [0.2, 0.25) is 0 Å². The maximum atomic E-state index is 4.36. The van der Waals surface area contributed by atoms with Gasteiger partial charge in [-0.15, -0.1) is 11.8 Å². The van der Waals surface area contributed by atoms with E-state index in [1.54, 1.807) is 18.1 Å². The number of H-pyrrole nitrogens is 1. The van der Waals surface area contributed by atoms with Crippen LogP contribution in [-0.4, -0.2) is 23.3 Å². The van der Waals surface area contributed by atoms with Crippen LogP contribution in [0.3, 0.4) is 0 Å². The van der Waals surface area contributed by atoms with Crippen LogP contribution < -0.4 is 5.32 Å². The molecule has 0 unspecified atom stereocenters. The van der Waals surface area contributed by atoms with Crippen molar-refractivity contribution in [2.75, 3.05) is 13.3 Å². The van der Waals surface area contributed by atoms with Crippen LogP contribution in [0.15, 0.2) is 35.5 Å². The summed E-state index contributed by atoms with van der Waals surface area (Å²) in [6, 6.07) is 8.47. The first kappa shape index (κ1) is 11.2. The molecule has 0 aliphatic rings. The van der Waals surface area contributed by atoms with Crippen molar-refractivity contribution < 1.29 is 0 Å². The Morgan fingerprint density at radius 3 is 2.69 bits per heavy atom. The van der Waals surface area contributed by atoms with Gasteiger partial charge in [0.05, 0.1) is 17.7 Å². The van der Waals surface area contributed by atoms with Gasteiger partial charge >= 0.3 is 0 Å². The van der Waals surface area contributed by atoms with E-state index in [2.05, 4.69) is 45.8 Å². The number of nitrogens with zero attached hydrogens (tertiary/aromatic N) is 1. The predicted molar refractivity (Wildman–Crippen MR) is 68.6 cm³/mol. The normalized spacial score (nSPS) is 10.6. The standard InChI is InChI=1S/C12H15N3S/c1-13-7-11-12(15-8-14-11)9-3-5-10(16-2)6-4-9/h3-6,8,13H,7H2,1-2H3,(H,14,15). The van der Waals surface area contributed by atoms with Crippen molar-refractivity contribution in [1.82, 2.24) is 15.3 Å². The third-order valence-electron chi connectivity index (χ3n) is 2.44. The van der Waals surface area contributed by atoms with Crippen LogP contribution >= 0.6 is 11.8 Å². The molecule has 0 bridgehead atoms. The van der Waals surface area contributed by atoms with Crippen molar-refractivity contribution in [2.45, 2.75) is 11.4 Å². The summed E-state index contributed by atoms with van der Waals surface area (Å²) in [5.74, 6) is 0. The molecule has 84 valence electrons. The summed E-state index contributed by atoms with van der Waals surface area (Å²) in [4.78, 5) is 8.79. The van der Waals surface area contributed by atoms with E-state index in [9.17, 15) is 0 Å². The van der Waals surface area contributed by atoms with Gasteiger partial charge < -0.3 is 10.3 Å². The largest absolute Gasteiger partial charge is 0.347 e. The van der Waals surface area contributed by atoms with Crippen LogP contribution in [0, 0.1) is 0 Å². The molecule has 0 spiro atoms. The van der Waals surface area contributed by atoms with Gasteiger partial charge in [-0.3, -0.25) is 0 Å². The van der Waals surface area contributed by atoms with Crippen molar-refractivity contribution in [2.24, 2.45) is 0 Å². The fourth-order valence-electron chi connectivity index (χ4n) is 1.63. The Hall–Kier alpha value is -1.26. The number of imidazole rings is 1. The number of rotatable bonds is 4. The molecule has 1 aromatic heterocycles. The molecule has 4 heteroatoms. The molecular formula is C12H15N3S. The molecule has 0 aliphatic heterocycles. The third-order valence-corrected chi connectivity index (χ3v) is 3.18. The molecule has 0 radical (unpaired) electrons. The molecule has 16 heavy (non-hydrogen) atoms. The van der Waals surface area contributed by atoms with Crippen LogP contribution in [0.2, 0.25) is 0 Å². The van der Waals surface area contributed by atoms with E-state index in [1.807, 2.05) is 7.05 Å². The molecule has 2 N–H and O–H groups in total. The van der Waals surface area contributed by atoms with E-state index in [0.717, 1.165) is 23.5 Å². The lowest BCUT2D eigenvalue weighted by molar-refractivity contribution is 0.798. The summed E-state index contributed by atoms with van der Waals surface area (Å²) in [7, 11) is 1.93. The van der Waals surface area contributed by atoms with Crippen LogP contribution in [0.1, 0.15) is 5.69 Å². The highest BCUT2D eigenvalue weighted by molar-refractivity contribution is 7.98. The highest BCUT2D eigenvalue weighted by Crippen LogP contribution is 2.23. The van der Waals surface area contributed by atoms with Gasteiger partial charge in [-0.2, -0.15) is 0 Å². The van der Waals surface area contributed by atoms with E-state index in [0.29, 0.717) is 0 Å². The maximum Gasteiger partial charge on any atom is 0.0929 e. The van der Waals surface area contributed by atoms with Crippen LogP contribution in [0.5, 0.6) is 0 Å². The summed E-state index contributed by atoms with van der Waals surface area (Å²) < 4.78 is 0. The number of aromatic nitrogens is 2. The SMILES string of the molecule is CNCc1[nH]cnc1-c1ccc(SC)cc1. The van der Waals surface area contributed by atoms with Crippen molar-refractivity contribution in [3.05, 3.63) is 36.3 Å². The maximum absolute atomic E-state index is 4.36. The summed E-state index contributed by atoms with van der Waals surface area (Å²) in [6.07, 6.45) is 3.82. The zero-order chi connectivity index (χ0) is 11.4. The Morgan fingerprint density at radius 2 is 2.06 bits per heavy atom. The number of benzene rings is 1. The molecule has 0 saturated heterocycles. The first-order valence-electron chi connectivity index (χ1n) is 5.16. The molecule has 3 nitrogen and oxygen atoms in total. The van der Waals surface area contributed by atoms with E-state index in [4.69, 9.17) is 0 Å². The smallest absolute Gasteiger partial charge is 0.0929 e. The lowest BCUT2D eigenvalue weighted by Crippen LogP contribution is -2.06. The number of hydrogen-bond acceptors (Lipinski definition) is 3. The first-order chi connectivity index (χ1) is 7.85. The van der Waals surface area contributed by atoms with E-state index >= 15 is 0 Å². The Kier molecular flexibility index (Phi) is 3.64. The molecule has 2 aromatic rings. The quantitative estimate of drug-likeness (QED) is 0.797. The number of hydrogen-bond donors (Lipinski definition) is 2. The Bertz CT molecular complexity index is 448. The third kappa shape index (κ3) is 2.28. The first-order valence-corrected chi connectivity index (χ1v) is 6.39. The molecule has 0 atom stereocenters. The van der Waals surface area contributed by atoms with Gasteiger partial charge in [0.25, 0.3) is 0 Å². The van der Waals surface area contributed by atoms with Gasteiger partial charge in [-0.1, -0.05) is 12.1 Å². The molecule has 0 saturated carbocycles. The molecule has 1 heterocycles. The van der Waals surface area contributed by atoms with Gasteiger partial charge in [-0.05, 0) is 25.4 Å². The van der Waals surface area contributed by atoms with E-state index in [-0.39, 0.29) is 0 Å². The number of thioether (sulfide) groups is 1. The molecule has 2 rings (SSSR count). The molecule has 0 fully saturated rings. The topological polar surface area (TPSA) is 40.7 Å². The van der Waals surface area contributed by atoms with E-state index in [1.165, 1.54) is 4.90 Å². The second-order valence-corrected chi connectivity index (χ2v) is 4.37. The second-order valence-electron chi connectivity index (χ2n) is 3.49. The van der Waals surface area contributed by atoms with Gasteiger partial charge in [0, 0.05) is 17.0 Å². The average molecular weight is 233 g/mol. The predicted octanol–water partition coefficient (Wildman–Crippen LogP) is 2.52. The van der Waals surface area contributed by atoms with Gasteiger partial charge in [0.1, 0.15) is 0 Å². The lowest BCUT2D eigenvalue weighted by Gasteiger charge is -2.03. The van der Waals surface area contributed by atoms with Gasteiger partial charge in [-0.25, -0.2) is 4.98 Å². The molecular weight excluding hydrogens is 218 g/mol. The zero-order valence-electron chi connectivity index (χ0n) is 9.45. The highest BCUT2D eigenvalue weighted by Gasteiger charge is 2.06. The summed E-state index contributed by atoms with van der Waals surface area (Å²) in [5, 5.41) is 3.13. The summed E-state index contributed by atoms with van der Waals surface area (Å²) in [5.41, 5.74) is 3.31. The monoisotopic (exact) mass is 233 g/mol. The lowest BCUT2D eigenvalue weighted by atomic mass is 10.1. The van der Waals surface area contributed by atoms with Crippen molar-refractivity contribution in [1.29, 1.82) is 0 Å². The van der Waals surface area contributed by atoms with Gasteiger partial charge in [0.15, 0.2) is 0 Å². The summed E-state index contributed by atoms with van der Waals surface area (Å²) >= 11 is 1.75. The van der Waals surface area contributed by atoms with Crippen LogP contribution in [0.25, 0.3) is 11.3 Å². The fourth-order valence-corrected chi connectivity index (χ4v) is 2.04. The van der Waals surface area contributed by atoms with Crippen molar-refractivity contribution >= 4 is 11.8 Å². The zero-order valence-corrected chi connectivity index (χ0v) is 10.3. The molecule has 1 aromatic carbocycles. The number of aromatic amines is 1. The van der Waals surface area contributed by atoms with Crippen LogP contribution in [-0.2, 0) is 6.54 Å². The minimum absolute atomic E-state index is 0.805. The van der Waals surface area contributed by atoms with Crippen molar-refractivity contribution in [3.8, 4) is 11.3 Å². The average Bonchev–Trinajstić information content (AvgIpc) is 2.78. The van der Waals surface area contributed by atoms with Crippen molar-refractivity contribution in [3.63, 3.8) is 0 Å². The Balaban J connectivity index is 2.31. The second kappa shape index (κ2) is 5.18. The Labute approximate surface area is 99.7 Å². The van der Waals surface area contributed by atoms with E-state index < -0.39 is 0 Å². The van der Waals surface area contributed by atoms with Crippen LogP contribution in [0.4, 0.5) is 0 Å².